The molecule has 0 aliphatic rings. The monoisotopic (exact) mass is 486 g/mol. The van der Waals surface area contributed by atoms with E-state index in [2.05, 4.69) is 20.2 Å². The van der Waals surface area contributed by atoms with Crippen molar-refractivity contribution in [3.05, 3.63) is 64.1 Å². The van der Waals surface area contributed by atoms with E-state index >= 15 is 0 Å². The number of anilines is 1. The quantitative estimate of drug-likeness (QED) is 0.467. The first-order chi connectivity index (χ1) is 14.2. The summed E-state index contributed by atoms with van der Waals surface area (Å²) in [6, 6.07) is 12.9. The zero-order chi connectivity index (χ0) is 21.7. The molecule has 0 saturated heterocycles. The maximum absolute atomic E-state index is 12.5. The van der Waals surface area contributed by atoms with Crippen LogP contribution >= 0.6 is 34.5 Å². The molecule has 0 unspecified atom stereocenters. The van der Waals surface area contributed by atoms with Crippen molar-refractivity contribution in [1.29, 1.82) is 0 Å². The summed E-state index contributed by atoms with van der Waals surface area (Å²) in [5.74, 6) is 0.0691. The van der Waals surface area contributed by atoms with E-state index < -0.39 is 22.0 Å². The fourth-order valence-corrected chi connectivity index (χ4v) is 4.93. The smallest absolute Gasteiger partial charge is 0.270 e. The predicted octanol–water partition coefficient (Wildman–Crippen LogP) is 3.84. The molecule has 12 heteroatoms. The first-order valence-corrected chi connectivity index (χ1v) is 11.6. The molecule has 2 aromatic carbocycles. The highest BCUT2D eigenvalue weighted by atomic mass is 35.5. The van der Waals surface area contributed by atoms with Crippen LogP contribution in [0.4, 0.5) is 5.13 Å². The fourth-order valence-electron chi connectivity index (χ4n) is 2.29. The largest absolute Gasteiger partial charge is 0.492 e. The Morgan fingerprint density at radius 3 is 2.60 bits per heavy atom. The number of halogens is 2. The van der Waals surface area contributed by atoms with Gasteiger partial charge in [0.2, 0.25) is 9.47 Å². The first-order valence-electron chi connectivity index (χ1n) is 8.54. The number of benzene rings is 2. The van der Waals surface area contributed by atoms with Gasteiger partial charge in [0, 0.05) is 5.02 Å². The van der Waals surface area contributed by atoms with E-state index in [1.807, 2.05) is 18.2 Å². The molecule has 2 N–H and O–H groups in total. The van der Waals surface area contributed by atoms with Crippen LogP contribution in [0.3, 0.4) is 0 Å². The lowest BCUT2D eigenvalue weighted by atomic mass is 10.2. The highest BCUT2D eigenvalue weighted by Gasteiger charge is 2.24. The van der Waals surface area contributed by atoms with Crippen molar-refractivity contribution in [1.82, 2.24) is 14.9 Å². The van der Waals surface area contributed by atoms with Crippen molar-refractivity contribution in [2.45, 2.75) is 17.3 Å². The van der Waals surface area contributed by atoms with Gasteiger partial charge in [0.25, 0.3) is 15.9 Å². The molecule has 0 aliphatic heterocycles. The summed E-state index contributed by atoms with van der Waals surface area (Å²) in [6.45, 7) is 1.79. The number of amides is 1. The minimum absolute atomic E-state index is 0.0135. The van der Waals surface area contributed by atoms with Gasteiger partial charge in [-0.15, -0.1) is 10.2 Å². The molecule has 0 fully saturated rings. The van der Waals surface area contributed by atoms with Crippen LogP contribution in [0.2, 0.25) is 10.0 Å². The summed E-state index contributed by atoms with van der Waals surface area (Å²) >= 11 is 12.5. The van der Waals surface area contributed by atoms with Gasteiger partial charge >= 0.3 is 0 Å². The zero-order valence-corrected chi connectivity index (χ0v) is 18.6. The standard InChI is InChI=1S/C18H16Cl2N4O4S2/c1-11(10-28-13-5-3-2-4-6-13)24-30(26,27)18-23-22-17(29-18)21-16(25)14-8-7-12(19)9-15(14)20/h2-9,11,24H,10H2,1H3,(H,21,22,25)/t11-/m0/s1. The third-order valence-electron chi connectivity index (χ3n) is 3.63. The molecule has 0 aliphatic carbocycles. The van der Waals surface area contributed by atoms with E-state index in [9.17, 15) is 13.2 Å². The Hall–Kier alpha value is -2.24. The number of sulfonamides is 1. The minimum Gasteiger partial charge on any atom is -0.492 e. The lowest BCUT2D eigenvalue weighted by molar-refractivity contribution is 0.102. The van der Waals surface area contributed by atoms with E-state index in [1.54, 1.807) is 19.1 Å². The summed E-state index contributed by atoms with van der Waals surface area (Å²) in [5, 5.41) is 10.4. The number of aromatic nitrogens is 2. The molecule has 3 aromatic rings. The van der Waals surface area contributed by atoms with E-state index in [0.717, 1.165) is 0 Å². The van der Waals surface area contributed by atoms with Gasteiger partial charge in [-0.3, -0.25) is 10.1 Å². The third-order valence-corrected chi connectivity index (χ3v) is 6.98. The maximum Gasteiger partial charge on any atom is 0.270 e. The van der Waals surface area contributed by atoms with Crippen LogP contribution in [0.5, 0.6) is 5.75 Å². The third kappa shape index (κ3) is 5.89. The van der Waals surface area contributed by atoms with Gasteiger partial charge in [-0.1, -0.05) is 52.7 Å². The molecular weight excluding hydrogens is 471 g/mol. The summed E-state index contributed by atoms with van der Waals surface area (Å²) in [6.07, 6.45) is 0. The number of ether oxygens (including phenoxy) is 1. The number of carbonyl (C=O) groups is 1. The number of rotatable bonds is 8. The Bertz CT molecular complexity index is 1140. The lowest BCUT2D eigenvalue weighted by Crippen LogP contribution is -2.36. The number of nitrogens with zero attached hydrogens (tertiary/aromatic N) is 2. The molecule has 8 nitrogen and oxygen atoms in total. The number of nitrogens with one attached hydrogen (secondary N) is 2. The Labute approximate surface area is 187 Å². The van der Waals surface area contributed by atoms with Crippen LogP contribution < -0.4 is 14.8 Å². The van der Waals surface area contributed by atoms with Crippen molar-refractivity contribution in [2.24, 2.45) is 0 Å². The Morgan fingerprint density at radius 2 is 1.90 bits per heavy atom. The first kappa shape index (κ1) is 22.4. The predicted molar refractivity (Wildman–Crippen MR) is 116 cm³/mol. The fraction of sp³-hybridized carbons (Fsp3) is 0.167. The Kier molecular flexibility index (Phi) is 7.27. The average molecular weight is 487 g/mol. The van der Waals surface area contributed by atoms with Crippen LogP contribution in [-0.4, -0.2) is 37.2 Å². The maximum atomic E-state index is 12.5. The summed E-state index contributed by atoms with van der Waals surface area (Å²) in [5.41, 5.74) is 0.172. The second-order valence-corrected chi connectivity index (χ2v) is 9.81. The van der Waals surface area contributed by atoms with Crippen molar-refractivity contribution in [3.8, 4) is 5.75 Å². The highest BCUT2D eigenvalue weighted by molar-refractivity contribution is 7.91. The molecule has 0 saturated carbocycles. The molecule has 3 rings (SSSR count). The molecule has 1 amide bonds. The van der Waals surface area contributed by atoms with E-state index in [0.29, 0.717) is 22.1 Å². The van der Waals surface area contributed by atoms with Crippen molar-refractivity contribution in [2.75, 3.05) is 11.9 Å². The Balaban J connectivity index is 1.61. The molecule has 1 aromatic heterocycles. The molecule has 158 valence electrons. The second kappa shape index (κ2) is 9.71. The van der Waals surface area contributed by atoms with Gasteiger partial charge in [-0.25, -0.2) is 13.1 Å². The summed E-state index contributed by atoms with van der Waals surface area (Å²) in [7, 11) is -3.94. The molecule has 1 atom stereocenters. The van der Waals surface area contributed by atoms with Crippen molar-refractivity contribution in [3.63, 3.8) is 0 Å². The number of hydrogen-bond donors (Lipinski definition) is 2. The number of hydrogen-bond acceptors (Lipinski definition) is 7. The normalized spacial score (nSPS) is 12.4. The van der Waals surface area contributed by atoms with Crippen LogP contribution in [-0.2, 0) is 10.0 Å². The van der Waals surface area contributed by atoms with Gasteiger partial charge in [-0.05, 0) is 37.3 Å². The van der Waals surface area contributed by atoms with Gasteiger partial charge in [0.05, 0.1) is 16.6 Å². The average Bonchev–Trinajstić information content (AvgIpc) is 3.16. The lowest BCUT2D eigenvalue weighted by Gasteiger charge is -2.13. The highest BCUT2D eigenvalue weighted by Crippen LogP contribution is 2.24. The van der Waals surface area contributed by atoms with E-state index in [1.165, 1.54) is 18.2 Å². The Morgan fingerprint density at radius 1 is 1.17 bits per heavy atom. The minimum atomic E-state index is -3.94. The number of carbonyl (C=O) groups excluding carboxylic acids is 1. The molecule has 0 bridgehead atoms. The molecule has 0 radical (unpaired) electrons. The van der Waals surface area contributed by atoms with Gasteiger partial charge in [0.1, 0.15) is 12.4 Å². The summed E-state index contributed by atoms with van der Waals surface area (Å²) < 4.78 is 32.7. The van der Waals surface area contributed by atoms with E-state index in [-0.39, 0.29) is 26.7 Å². The number of para-hydroxylation sites is 1. The van der Waals surface area contributed by atoms with Gasteiger partial charge < -0.3 is 4.74 Å². The van der Waals surface area contributed by atoms with E-state index in [4.69, 9.17) is 27.9 Å². The van der Waals surface area contributed by atoms with Crippen molar-refractivity contribution < 1.29 is 17.9 Å². The van der Waals surface area contributed by atoms with Crippen LogP contribution in [0.1, 0.15) is 17.3 Å². The van der Waals surface area contributed by atoms with Gasteiger partial charge in [0.15, 0.2) is 0 Å². The molecule has 30 heavy (non-hydrogen) atoms. The SMILES string of the molecule is C[C@@H](COc1ccccc1)NS(=O)(=O)c1nnc(NC(=O)c2ccc(Cl)cc2Cl)s1. The van der Waals surface area contributed by atoms with Crippen LogP contribution in [0.15, 0.2) is 52.9 Å². The second-order valence-electron chi connectivity index (χ2n) is 6.10. The van der Waals surface area contributed by atoms with Gasteiger partial charge in [-0.2, -0.15) is 0 Å². The van der Waals surface area contributed by atoms with Crippen molar-refractivity contribution >= 4 is 55.6 Å². The topological polar surface area (TPSA) is 110 Å². The molecule has 1 heterocycles. The summed E-state index contributed by atoms with van der Waals surface area (Å²) in [4.78, 5) is 12.3. The zero-order valence-electron chi connectivity index (χ0n) is 15.5. The molecular formula is C18H16Cl2N4O4S2. The molecule has 0 spiro atoms. The van der Waals surface area contributed by atoms with Crippen LogP contribution in [0, 0.1) is 0 Å². The van der Waals surface area contributed by atoms with Crippen LogP contribution in [0.25, 0.3) is 0 Å².